The fourth-order valence-corrected chi connectivity index (χ4v) is 3.01. The zero-order chi connectivity index (χ0) is 17.3. The summed E-state index contributed by atoms with van der Waals surface area (Å²) >= 11 is 3.45. The molecule has 0 saturated heterocycles. The Hall–Kier alpha value is -1.19. The van der Waals surface area contributed by atoms with E-state index in [0.29, 0.717) is 16.9 Å². The molecule has 0 amide bonds. The summed E-state index contributed by atoms with van der Waals surface area (Å²) in [6.07, 6.45) is 0. The van der Waals surface area contributed by atoms with Gasteiger partial charge in [0.2, 0.25) is 5.75 Å². The van der Waals surface area contributed by atoms with Crippen molar-refractivity contribution in [3.63, 3.8) is 0 Å². The van der Waals surface area contributed by atoms with E-state index in [1.165, 1.54) is 14.2 Å². The van der Waals surface area contributed by atoms with Crippen molar-refractivity contribution in [1.82, 2.24) is 0 Å². The number of phenolic OH excluding ortho intramolecular Hbond substituents is 1. The molecule has 0 bridgehead atoms. The summed E-state index contributed by atoms with van der Waals surface area (Å²) in [6, 6.07) is 5.47. The van der Waals surface area contributed by atoms with Crippen molar-refractivity contribution in [1.29, 1.82) is 0 Å². The summed E-state index contributed by atoms with van der Waals surface area (Å²) < 4.78 is 11.2. The fourth-order valence-electron chi connectivity index (χ4n) is 2.68. The van der Waals surface area contributed by atoms with Crippen molar-refractivity contribution >= 4 is 39.1 Å². The van der Waals surface area contributed by atoms with E-state index in [0.717, 1.165) is 15.6 Å². The van der Waals surface area contributed by atoms with Gasteiger partial charge in [-0.1, -0.05) is 22.0 Å². The van der Waals surface area contributed by atoms with Gasteiger partial charge in [-0.2, -0.15) is 0 Å². The van der Waals surface area contributed by atoms with Crippen LogP contribution in [0.25, 0.3) is 0 Å². The smallest absolute Gasteiger partial charge is 1.00 e. The topological polar surface area (TPSA) is 55.8 Å². The number of hydrogen-bond acceptors (Lipinski definition) is 4. The molecular weight excluding hydrogens is 423 g/mol. The van der Waals surface area contributed by atoms with E-state index in [1.807, 2.05) is 26.0 Å². The molecule has 0 unspecified atom stereocenters. The zero-order valence-electron chi connectivity index (χ0n) is 14.7. The summed E-state index contributed by atoms with van der Waals surface area (Å²) in [7, 11) is 2.91. The maximum absolute atomic E-state index is 13.1. The molecule has 0 fully saturated rings. The molecule has 0 radical (unpaired) electrons. The van der Waals surface area contributed by atoms with E-state index in [4.69, 9.17) is 9.47 Å². The Balaban J connectivity index is 0.00000288. The molecule has 0 saturated carbocycles. The number of rotatable bonds is 4. The van der Waals surface area contributed by atoms with Crippen LogP contribution in [0.5, 0.6) is 17.2 Å². The van der Waals surface area contributed by atoms with Crippen molar-refractivity contribution in [3.8, 4) is 17.2 Å². The number of halogens is 2. The van der Waals surface area contributed by atoms with E-state index in [2.05, 4.69) is 15.9 Å². The van der Waals surface area contributed by atoms with E-state index in [-0.39, 0.29) is 52.6 Å². The molecule has 130 valence electrons. The van der Waals surface area contributed by atoms with Gasteiger partial charge in [-0.3, -0.25) is 4.79 Å². The fraction of sp³-hybridized carbons (Fsp3) is 0.278. The molecule has 7 heteroatoms. The number of phenols is 1. The van der Waals surface area contributed by atoms with Gasteiger partial charge < -0.3 is 27.0 Å². The van der Waals surface area contributed by atoms with Gasteiger partial charge >= 0.3 is 17.4 Å². The number of ether oxygens (including phenoxy) is 2. The van der Waals surface area contributed by atoms with Gasteiger partial charge in [-0.05, 0) is 49.6 Å². The van der Waals surface area contributed by atoms with Crippen molar-refractivity contribution in [3.05, 3.63) is 50.5 Å². The first-order valence-corrected chi connectivity index (χ1v) is 7.87. The van der Waals surface area contributed by atoms with E-state index < -0.39 is 0 Å². The van der Waals surface area contributed by atoms with Crippen LogP contribution in [0.4, 0.5) is 0 Å². The third-order valence-electron chi connectivity index (χ3n) is 3.90. The van der Waals surface area contributed by atoms with Crippen molar-refractivity contribution < 1.29 is 31.8 Å². The number of carbonyl (C=O) groups is 1. The summed E-state index contributed by atoms with van der Waals surface area (Å²) in [5.74, 6) is 0.110. The molecule has 0 spiro atoms. The maximum atomic E-state index is 13.1. The number of ketones is 1. The normalized spacial score (nSPS) is 9.68. The van der Waals surface area contributed by atoms with Crippen molar-refractivity contribution in [2.45, 2.75) is 20.8 Å². The predicted octanol–water partition coefficient (Wildman–Crippen LogP) is 0.951. The number of aromatic hydroxyl groups is 1. The number of methoxy groups -OCH3 is 2. The van der Waals surface area contributed by atoms with Crippen LogP contribution in [0.2, 0.25) is 0 Å². The first-order chi connectivity index (χ1) is 10.8. The summed E-state index contributed by atoms with van der Waals surface area (Å²) in [6.45, 7) is 5.51. The molecule has 0 heterocycles. The SMILES string of the molecule is COc1cc(C)c(C(=O)c2c(C)ccc(Br)c2C)c(O)c1OC.[Al+3].[Cl-]. The van der Waals surface area contributed by atoms with Gasteiger partial charge in [0.1, 0.15) is 0 Å². The Morgan fingerprint density at radius 3 is 2.16 bits per heavy atom. The van der Waals surface area contributed by atoms with Crippen LogP contribution in [-0.4, -0.2) is 42.5 Å². The van der Waals surface area contributed by atoms with E-state index in [9.17, 15) is 9.90 Å². The minimum absolute atomic E-state index is 0. The number of hydrogen-bond donors (Lipinski definition) is 1. The maximum Gasteiger partial charge on any atom is 3.00 e. The van der Waals surface area contributed by atoms with Crippen molar-refractivity contribution in [2.24, 2.45) is 0 Å². The second kappa shape index (κ2) is 9.49. The third-order valence-corrected chi connectivity index (χ3v) is 4.76. The second-order valence-electron chi connectivity index (χ2n) is 5.35. The molecule has 0 aromatic heterocycles. The molecule has 0 aliphatic heterocycles. The molecule has 2 aromatic carbocycles. The zero-order valence-corrected chi connectivity index (χ0v) is 18.2. The van der Waals surface area contributed by atoms with E-state index in [1.54, 1.807) is 13.0 Å². The molecule has 1 N–H and O–H groups in total. The Morgan fingerprint density at radius 2 is 1.64 bits per heavy atom. The van der Waals surface area contributed by atoms with Crippen LogP contribution in [0.1, 0.15) is 32.6 Å². The monoisotopic (exact) mass is 440 g/mol. The first kappa shape index (κ1) is 23.8. The quantitative estimate of drug-likeness (QED) is 0.567. The van der Waals surface area contributed by atoms with Crippen LogP contribution in [0, 0.1) is 20.8 Å². The molecule has 25 heavy (non-hydrogen) atoms. The average Bonchev–Trinajstić information content (AvgIpc) is 2.50. The van der Waals surface area contributed by atoms with Gasteiger partial charge in [0.25, 0.3) is 0 Å². The van der Waals surface area contributed by atoms with Crippen LogP contribution < -0.4 is 21.9 Å². The molecule has 2 rings (SSSR count). The van der Waals surface area contributed by atoms with Crippen LogP contribution in [0.3, 0.4) is 0 Å². The molecule has 2 aromatic rings. The Morgan fingerprint density at radius 1 is 1.04 bits per heavy atom. The van der Waals surface area contributed by atoms with Gasteiger partial charge in [0.05, 0.1) is 19.8 Å². The van der Waals surface area contributed by atoms with Crippen molar-refractivity contribution in [2.75, 3.05) is 14.2 Å². The average molecular weight is 442 g/mol. The Kier molecular flexibility index (Phi) is 9.04. The Labute approximate surface area is 173 Å². The minimum atomic E-state index is -0.239. The van der Waals surface area contributed by atoms with Gasteiger partial charge in [0, 0.05) is 10.0 Å². The summed E-state index contributed by atoms with van der Waals surface area (Å²) in [5.41, 5.74) is 3.12. The van der Waals surface area contributed by atoms with Gasteiger partial charge in [0.15, 0.2) is 17.3 Å². The predicted molar refractivity (Wildman–Crippen MR) is 98.8 cm³/mol. The van der Waals surface area contributed by atoms with E-state index >= 15 is 0 Å². The molecule has 4 nitrogen and oxygen atoms in total. The Bertz CT molecular complexity index is 793. The second-order valence-corrected chi connectivity index (χ2v) is 6.20. The number of aryl methyl sites for hydroxylation is 2. The largest absolute Gasteiger partial charge is 3.00 e. The van der Waals surface area contributed by atoms with Crippen LogP contribution >= 0.6 is 15.9 Å². The number of benzene rings is 2. The molecule has 0 aliphatic carbocycles. The number of carbonyl (C=O) groups excluding carboxylic acids is 1. The summed E-state index contributed by atoms with van der Waals surface area (Å²) in [5, 5.41) is 10.5. The standard InChI is InChI=1S/C18H19BrO4.Al.ClH/c1-9-6-7-12(19)11(3)14(9)16(20)15-10(2)8-13(22-4)18(23-5)17(15)21;;/h6-8,21H,1-5H3;;1H/q;+3;/p-1. The molecular formula is C18H19AlBrClO4+2. The van der Waals surface area contributed by atoms with Crippen LogP contribution in [0.15, 0.2) is 22.7 Å². The summed E-state index contributed by atoms with van der Waals surface area (Å²) in [4.78, 5) is 13.1. The van der Waals surface area contributed by atoms with Gasteiger partial charge in [-0.15, -0.1) is 0 Å². The van der Waals surface area contributed by atoms with Crippen LogP contribution in [-0.2, 0) is 0 Å². The van der Waals surface area contributed by atoms with Gasteiger partial charge in [-0.25, -0.2) is 0 Å². The minimum Gasteiger partial charge on any atom is -1.00 e. The molecule has 0 aliphatic rings. The first-order valence-electron chi connectivity index (χ1n) is 7.08. The molecule has 0 atom stereocenters. The third kappa shape index (κ3) is 4.32.